The summed E-state index contributed by atoms with van der Waals surface area (Å²) in [5.41, 5.74) is 0.294. The molecule has 3 nitrogen and oxygen atoms in total. The summed E-state index contributed by atoms with van der Waals surface area (Å²) in [6.45, 7) is 0. The summed E-state index contributed by atoms with van der Waals surface area (Å²) in [4.78, 5) is 10.5. The summed E-state index contributed by atoms with van der Waals surface area (Å²) in [5, 5.41) is 17.4. The highest BCUT2D eigenvalue weighted by atomic mass is 79.9. The lowest BCUT2D eigenvalue weighted by molar-refractivity contribution is 0.0697. The normalized spacial score (nSPS) is 9.31. The number of benzene rings is 1. The number of rotatable bonds is 1. The first-order chi connectivity index (χ1) is 6.06. The van der Waals surface area contributed by atoms with Crippen molar-refractivity contribution in [3.05, 3.63) is 32.8 Å². The minimum atomic E-state index is -1.08. The third-order valence-corrected chi connectivity index (χ3v) is 2.32. The number of carboxylic acid groups (broad SMARTS) is 1. The Bertz CT molecular complexity index is 388. The van der Waals surface area contributed by atoms with Crippen LogP contribution < -0.4 is 0 Å². The molecule has 0 aliphatic rings. The highest BCUT2D eigenvalue weighted by Gasteiger charge is 2.10. The van der Waals surface area contributed by atoms with Crippen LogP contribution in [0, 0.1) is 11.3 Å². The van der Waals surface area contributed by atoms with Crippen LogP contribution in [0.5, 0.6) is 0 Å². The molecular weight excluding hydrogens is 257 g/mol. The van der Waals surface area contributed by atoms with Crippen molar-refractivity contribution in [2.45, 2.75) is 0 Å². The third-order valence-electron chi connectivity index (χ3n) is 1.40. The summed E-state index contributed by atoms with van der Waals surface area (Å²) < 4.78 is 0.389. The molecule has 0 unspecified atom stereocenters. The molecule has 1 aromatic rings. The molecule has 1 N–H and O–H groups in total. The van der Waals surface area contributed by atoms with Gasteiger partial charge in [-0.3, -0.25) is 0 Å². The minimum Gasteiger partial charge on any atom is -0.478 e. The first-order valence-electron chi connectivity index (χ1n) is 3.18. The number of carboxylic acids is 1. The third kappa shape index (κ3) is 2.00. The van der Waals surface area contributed by atoms with Crippen LogP contribution in [-0.2, 0) is 0 Å². The van der Waals surface area contributed by atoms with Crippen molar-refractivity contribution in [3.63, 3.8) is 0 Å². The largest absolute Gasteiger partial charge is 0.478 e. The smallest absolute Gasteiger partial charge is 0.335 e. The maximum Gasteiger partial charge on any atom is 0.335 e. The van der Waals surface area contributed by atoms with Gasteiger partial charge >= 0.3 is 5.97 Å². The molecule has 13 heavy (non-hydrogen) atoms. The molecule has 0 spiro atoms. The number of halogens is 2. The number of carbonyl (C=O) groups is 1. The van der Waals surface area contributed by atoms with Crippen LogP contribution in [0.2, 0.25) is 5.02 Å². The Morgan fingerprint density at radius 1 is 1.62 bits per heavy atom. The maximum atomic E-state index is 10.5. The summed E-state index contributed by atoms with van der Waals surface area (Å²) in [6.07, 6.45) is 0. The quantitative estimate of drug-likeness (QED) is 0.844. The van der Waals surface area contributed by atoms with Crippen LogP contribution in [0.25, 0.3) is 0 Å². The first-order valence-corrected chi connectivity index (χ1v) is 4.35. The van der Waals surface area contributed by atoms with Gasteiger partial charge in [0.25, 0.3) is 0 Å². The van der Waals surface area contributed by atoms with Gasteiger partial charge in [0.1, 0.15) is 6.07 Å². The number of aromatic carboxylic acids is 1. The Labute approximate surface area is 87.7 Å². The molecule has 5 heteroatoms. The molecule has 66 valence electrons. The molecular formula is C8H3BrClNO2. The Balaban J connectivity index is 3.39. The lowest BCUT2D eigenvalue weighted by atomic mass is 10.1. The predicted octanol–water partition coefficient (Wildman–Crippen LogP) is 2.67. The highest BCUT2D eigenvalue weighted by molar-refractivity contribution is 9.10. The number of nitriles is 1. The van der Waals surface area contributed by atoms with E-state index in [9.17, 15) is 4.79 Å². The number of hydrogen-bond donors (Lipinski definition) is 1. The molecule has 0 bridgehead atoms. The van der Waals surface area contributed by atoms with Crippen molar-refractivity contribution in [3.8, 4) is 6.07 Å². The molecule has 0 saturated heterocycles. The summed E-state index contributed by atoms with van der Waals surface area (Å²) >= 11 is 8.72. The topological polar surface area (TPSA) is 61.1 Å². The molecule has 0 aliphatic heterocycles. The molecule has 0 saturated carbocycles. The molecule has 0 amide bonds. The molecule has 0 heterocycles. The SMILES string of the molecule is N#Cc1c(Cl)cc(C(=O)O)cc1Br. The fourth-order valence-corrected chi connectivity index (χ4v) is 1.73. The van der Waals surface area contributed by atoms with E-state index in [1.807, 2.05) is 6.07 Å². The van der Waals surface area contributed by atoms with Gasteiger partial charge in [-0.05, 0) is 28.1 Å². The van der Waals surface area contributed by atoms with E-state index in [4.69, 9.17) is 22.0 Å². The Morgan fingerprint density at radius 3 is 2.62 bits per heavy atom. The van der Waals surface area contributed by atoms with Crippen LogP contribution in [0.1, 0.15) is 15.9 Å². The van der Waals surface area contributed by atoms with Gasteiger partial charge in [-0.1, -0.05) is 11.6 Å². The Hall–Kier alpha value is -1.05. The summed E-state index contributed by atoms with van der Waals surface area (Å²) in [5.74, 6) is -1.08. The van der Waals surface area contributed by atoms with Crippen LogP contribution in [0.15, 0.2) is 16.6 Å². The van der Waals surface area contributed by atoms with Crippen LogP contribution >= 0.6 is 27.5 Å². The van der Waals surface area contributed by atoms with Crippen LogP contribution in [0.3, 0.4) is 0 Å². The molecule has 0 radical (unpaired) electrons. The van der Waals surface area contributed by atoms with Crippen LogP contribution in [-0.4, -0.2) is 11.1 Å². The van der Waals surface area contributed by atoms with Gasteiger partial charge in [0.2, 0.25) is 0 Å². The van der Waals surface area contributed by atoms with E-state index in [-0.39, 0.29) is 16.1 Å². The van der Waals surface area contributed by atoms with Gasteiger partial charge < -0.3 is 5.11 Å². The molecule has 1 aromatic carbocycles. The van der Waals surface area contributed by atoms with E-state index >= 15 is 0 Å². The average molecular weight is 260 g/mol. The Morgan fingerprint density at radius 2 is 2.23 bits per heavy atom. The zero-order valence-corrected chi connectivity index (χ0v) is 8.56. The second kappa shape index (κ2) is 3.77. The van der Waals surface area contributed by atoms with Crippen molar-refractivity contribution in [1.82, 2.24) is 0 Å². The lowest BCUT2D eigenvalue weighted by Crippen LogP contribution is -1.97. The second-order valence-corrected chi connectivity index (χ2v) is 3.49. The number of hydrogen-bond acceptors (Lipinski definition) is 2. The lowest BCUT2D eigenvalue weighted by Gasteiger charge is -2.00. The molecule has 0 fully saturated rings. The minimum absolute atomic E-state index is 0.0517. The monoisotopic (exact) mass is 259 g/mol. The van der Waals surface area contributed by atoms with E-state index in [0.717, 1.165) is 0 Å². The Kier molecular flexibility index (Phi) is 2.91. The fraction of sp³-hybridized carbons (Fsp3) is 0. The van der Waals surface area contributed by atoms with Crippen molar-refractivity contribution < 1.29 is 9.90 Å². The van der Waals surface area contributed by atoms with Gasteiger partial charge in [0.05, 0.1) is 16.1 Å². The van der Waals surface area contributed by atoms with Crippen molar-refractivity contribution in [2.75, 3.05) is 0 Å². The molecule has 0 atom stereocenters. The van der Waals surface area contributed by atoms with Gasteiger partial charge in [0.15, 0.2) is 0 Å². The van der Waals surface area contributed by atoms with E-state index < -0.39 is 5.97 Å². The van der Waals surface area contributed by atoms with Crippen LogP contribution in [0.4, 0.5) is 0 Å². The van der Waals surface area contributed by atoms with Gasteiger partial charge in [0, 0.05) is 4.47 Å². The zero-order chi connectivity index (χ0) is 10.0. The maximum absolute atomic E-state index is 10.5. The molecule has 1 rings (SSSR count). The van der Waals surface area contributed by atoms with E-state index in [1.165, 1.54) is 12.1 Å². The predicted molar refractivity (Wildman–Crippen MR) is 50.8 cm³/mol. The highest BCUT2D eigenvalue weighted by Crippen LogP contribution is 2.25. The van der Waals surface area contributed by atoms with Crippen molar-refractivity contribution in [2.24, 2.45) is 0 Å². The molecule has 0 aliphatic carbocycles. The van der Waals surface area contributed by atoms with Gasteiger partial charge in [-0.2, -0.15) is 5.26 Å². The zero-order valence-electron chi connectivity index (χ0n) is 6.21. The van der Waals surface area contributed by atoms with Crippen molar-refractivity contribution >= 4 is 33.5 Å². The average Bonchev–Trinajstić information content (AvgIpc) is 2.03. The summed E-state index contributed by atoms with van der Waals surface area (Å²) in [6, 6.07) is 4.44. The molecule has 0 aromatic heterocycles. The second-order valence-electron chi connectivity index (χ2n) is 2.23. The number of nitrogens with zero attached hydrogens (tertiary/aromatic N) is 1. The van der Waals surface area contributed by atoms with E-state index in [0.29, 0.717) is 4.47 Å². The van der Waals surface area contributed by atoms with E-state index in [1.54, 1.807) is 0 Å². The van der Waals surface area contributed by atoms with Gasteiger partial charge in [-0.15, -0.1) is 0 Å². The first kappa shape index (κ1) is 10.0. The fourth-order valence-electron chi connectivity index (χ4n) is 0.803. The van der Waals surface area contributed by atoms with Crippen molar-refractivity contribution in [1.29, 1.82) is 5.26 Å². The van der Waals surface area contributed by atoms with E-state index in [2.05, 4.69) is 15.9 Å². The van der Waals surface area contributed by atoms with Gasteiger partial charge in [-0.25, -0.2) is 4.79 Å². The standard InChI is InChI=1S/C8H3BrClNO2/c9-6-1-4(8(12)13)2-7(10)5(6)3-11/h1-2H,(H,12,13). The summed E-state index contributed by atoms with van der Waals surface area (Å²) in [7, 11) is 0.